The predicted molar refractivity (Wildman–Crippen MR) is 97.6 cm³/mol. The number of hydrogen-bond donors (Lipinski definition) is 1. The third-order valence-corrected chi connectivity index (χ3v) is 4.03. The lowest BCUT2D eigenvalue weighted by molar-refractivity contribution is -0.136. The molecule has 6 nitrogen and oxygen atoms in total. The van der Waals surface area contributed by atoms with Crippen LogP contribution in [0.2, 0.25) is 0 Å². The maximum absolute atomic E-state index is 10.7. The topological polar surface area (TPSA) is 89.1 Å². The normalized spacial score (nSPS) is 11.1. The first-order valence-electron chi connectivity index (χ1n) is 8.53. The molecule has 1 N–H and O–H groups in total. The zero-order chi connectivity index (χ0) is 18.7. The molecule has 0 saturated carbocycles. The molecule has 6 heteroatoms. The van der Waals surface area contributed by atoms with Crippen LogP contribution < -0.4 is 0 Å². The highest BCUT2D eigenvalue weighted by Crippen LogP contribution is 2.24. The number of aliphatic carboxylic acids is 1. The molecule has 0 spiro atoms. The first kappa shape index (κ1) is 17.8. The van der Waals surface area contributed by atoms with Crippen molar-refractivity contribution in [2.45, 2.75) is 33.6 Å². The Hall–Kier alpha value is -3.02. The molecule has 0 unspecified atom stereocenters. The smallest absolute Gasteiger partial charge is 0.307 e. The molecule has 0 aliphatic rings. The van der Waals surface area contributed by atoms with Crippen molar-refractivity contribution in [3.8, 4) is 22.8 Å². The Morgan fingerprint density at radius 1 is 1.19 bits per heavy atom. The van der Waals surface area contributed by atoms with Gasteiger partial charge in [0.2, 0.25) is 5.82 Å². The third kappa shape index (κ3) is 4.14. The van der Waals surface area contributed by atoms with Crippen molar-refractivity contribution >= 4 is 5.97 Å². The Morgan fingerprint density at radius 3 is 2.54 bits per heavy atom. The summed E-state index contributed by atoms with van der Waals surface area (Å²) in [5.74, 6) is 0.571. The summed E-state index contributed by atoms with van der Waals surface area (Å²) in [5.41, 5.74) is 4.48. The number of carboxylic acid groups (broad SMARTS) is 1. The number of nitrogens with zero attached hydrogens (tertiary/aromatic N) is 3. The van der Waals surface area contributed by atoms with Gasteiger partial charge >= 0.3 is 5.97 Å². The summed E-state index contributed by atoms with van der Waals surface area (Å²) < 4.78 is 5.38. The zero-order valence-electron chi connectivity index (χ0n) is 15.1. The quantitative estimate of drug-likeness (QED) is 0.724. The van der Waals surface area contributed by atoms with Gasteiger partial charge in [-0.3, -0.25) is 9.78 Å². The Bertz CT molecular complexity index is 914. The van der Waals surface area contributed by atoms with Crippen LogP contribution in [0.1, 0.15) is 30.7 Å². The zero-order valence-corrected chi connectivity index (χ0v) is 15.1. The third-order valence-electron chi connectivity index (χ3n) is 4.03. The van der Waals surface area contributed by atoms with E-state index in [1.54, 1.807) is 30.5 Å². The van der Waals surface area contributed by atoms with Gasteiger partial charge in [0.1, 0.15) is 0 Å². The van der Waals surface area contributed by atoms with Gasteiger partial charge in [-0.15, -0.1) is 0 Å². The molecule has 0 fully saturated rings. The fraction of sp³-hybridized carbons (Fsp3) is 0.300. The number of hydrogen-bond acceptors (Lipinski definition) is 5. The van der Waals surface area contributed by atoms with E-state index in [2.05, 4.69) is 29.0 Å². The van der Waals surface area contributed by atoms with E-state index in [0.717, 1.165) is 34.4 Å². The van der Waals surface area contributed by atoms with Crippen molar-refractivity contribution < 1.29 is 14.4 Å². The van der Waals surface area contributed by atoms with Crippen LogP contribution in [0.3, 0.4) is 0 Å². The van der Waals surface area contributed by atoms with Crippen LogP contribution in [-0.2, 0) is 17.6 Å². The van der Waals surface area contributed by atoms with E-state index in [0.29, 0.717) is 17.6 Å². The molecular formula is C20H21N3O3. The Kier molecular flexibility index (Phi) is 5.11. The number of carboxylic acids is 1. The molecule has 0 amide bonds. The average Bonchev–Trinajstić information content (AvgIpc) is 3.06. The number of carbonyl (C=O) groups is 1. The minimum absolute atomic E-state index is 0.00849. The second-order valence-corrected chi connectivity index (χ2v) is 6.78. The van der Waals surface area contributed by atoms with E-state index in [1.165, 1.54) is 0 Å². The van der Waals surface area contributed by atoms with Crippen LogP contribution in [-0.4, -0.2) is 26.2 Å². The molecular weight excluding hydrogens is 330 g/mol. The van der Waals surface area contributed by atoms with E-state index in [-0.39, 0.29) is 6.42 Å². The lowest BCUT2D eigenvalue weighted by atomic mass is 10.0. The summed E-state index contributed by atoms with van der Waals surface area (Å²) in [4.78, 5) is 19.7. The number of benzene rings is 1. The molecule has 0 atom stereocenters. The molecule has 26 heavy (non-hydrogen) atoms. The maximum Gasteiger partial charge on any atom is 0.307 e. The van der Waals surface area contributed by atoms with Gasteiger partial charge in [-0.05, 0) is 36.5 Å². The van der Waals surface area contributed by atoms with E-state index in [4.69, 9.17) is 9.63 Å². The first-order valence-corrected chi connectivity index (χ1v) is 8.53. The van der Waals surface area contributed by atoms with Gasteiger partial charge in [0.25, 0.3) is 5.89 Å². The minimum atomic E-state index is -0.858. The van der Waals surface area contributed by atoms with E-state index in [9.17, 15) is 4.79 Å². The van der Waals surface area contributed by atoms with Gasteiger partial charge in [-0.2, -0.15) is 4.98 Å². The SMILES string of the molecule is Cc1cc(-c2nc(-c3ccc(CC(=O)O)cc3)no2)cnc1CC(C)C. The average molecular weight is 351 g/mol. The molecule has 2 aromatic heterocycles. The van der Waals surface area contributed by atoms with Crippen LogP contribution in [0.5, 0.6) is 0 Å². The highest BCUT2D eigenvalue weighted by Gasteiger charge is 2.13. The molecule has 0 aliphatic carbocycles. The molecule has 2 heterocycles. The van der Waals surface area contributed by atoms with Crippen molar-refractivity contribution in [2.24, 2.45) is 5.92 Å². The summed E-state index contributed by atoms with van der Waals surface area (Å²) in [7, 11) is 0. The van der Waals surface area contributed by atoms with Crippen molar-refractivity contribution in [1.82, 2.24) is 15.1 Å². The van der Waals surface area contributed by atoms with Crippen molar-refractivity contribution in [3.63, 3.8) is 0 Å². The van der Waals surface area contributed by atoms with Gasteiger partial charge in [0.15, 0.2) is 0 Å². The largest absolute Gasteiger partial charge is 0.481 e. The van der Waals surface area contributed by atoms with Crippen molar-refractivity contribution in [2.75, 3.05) is 0 Å². The number of aromatic nitrogens is 3. The van der Waals surface area contributed by atoms with Crippen LogP contribution in [0, 0.1) is 12.8 Å². The van der Waals surface area contributed by atoms with Crippen molar-refractivity contribution in [1.29, 1.82) is 0 Å². The monoisotopic (exact) mass is 351 g/mol. The van der Waals surface area contributed by atoms with E-state index >= 15 is 0 Å². The molecule has 0 radical (unpaired) electrons. The number of pyridine rings is 1. The van der Waals surface area contributed by atoms with Gasteiger partial charge < -0.3 is 9.63 Å². The first-order chi connectivity index (χ1) is 12.4. The minimum Gasteiger partial charge on any atom is -0.481 e. The maximum atomic E-state index is 10.7. The van der Waals surface area contributed by atoms with Gasteiger partial charge in [0, 0.05) is 17.5 Å². The Balaban J connectivity index is 1.81. The van der Waals surface area contributed by atoms with Gasteiger partial charge in [0.05, 0.1) is 12.0 Å². The van der Waals surface area contributed by atoms with Crippen LogP contribution in [0.4, 0.5) is 0 Å². The Morgan fingerprint density at radius 2 is 1.92 bits per heavy atom. The van der Waals surface area contributed by atoms with E-state index in [1.807, 2.05) is 13.0 Å². The second-order valence-electron chi connectivity index (χ2n) is 6.78. The highest BCUT2D eigenvalue weighted by molar-refractivity contribution is 5.70. The summed E-state index contributed by atoms with van der Waals surface area (Å²) >= 11 is 0. The number of aryl methyl sites for hydroxylation is 1. The molecule has 3 aromatic rings. The fourth-order valence-corrected chi connectivity index (χ4v) is 2.72. The van der Waals surface area contributed by atoms with Crippen LogP contribution in [0.25, 0.3) is 22.8 Å². The lowest BCUT2D eigenvalue weighted by Gasteiger charge is -2.07. The standard InChI is InChI=1S/C20H21N3O3/c1-12(2)8-17-13(3)9-16(11-21-17)20-22-19(23-26-20)15-6-4-14(5-7-15)10-18(24)25/h4-7,9,11-12H,8,10H2,1-3H3,(H,24,25). The molecule has 1 aromatic carbocycles. The van der Waals surface area contributed by atoms with Crippen molar-refractivity contribution in [3.05, 3.63) is 53.3 Å². The van der Waals surface area contributed by atoms with Crippen LogP contribution in [0.15, 0.2) is 41.1 Å². The molecule has 3 rings (SSSR count). The summed E-state index contributed by atoms with van der Waals surface area (Å²) in [6, 6.07) is 9.11. The second kappa shape index (κ2) is 7.47. The molecule has 0 saturated heterocycles. The predicted octanol–water partition coefficient (Wildman–Crippen LogP) is 3.93. The molecule has 134 valence electrons. The summed E-state index contributed by atoms with van der Waals surface area (Å²) in [6.45, 7) is 6.37. The number of rotatable bonds is 6. The van der Waals surface area contributed by atoms with Crippen LogP contribution >= 0.6 is 0 Å². The summed E-state index contributed by atoms with van der Waals surface area (Å²) in [6.07, 6.45) is 2.69. The van der Waals surface area contributed by atoms with E-state index < -0.39 is 5.97 Å². The fourth-order valence-electron chi connectivity index (χ4n) is 2.72. The summed E-state index contributed by atoms with van der Waals surface area (Å²) in [5, 5.41) is 12.9. The molecule has 0 aliphatic heterocycles. The highest BCUT2D eigenvalue weighted by atomic mass is 16.5. The van der Waals surface area contributed by atoms with Gasteiger partial charge in [-0.1, -0.05) is 43.3 Å². The van der Waals surface area contributed by atoms with Gasteiger partial charge in [-0.25, -0.2) is 0 Å². The lowest BCUT2D eigenvalue weighted by Crippen LogP contribution is -2.00. The Labute approximate surface area is 151 Å². The molecule has 0 bridgehead atoms.